The van der Waals surface area contributed by atoms with Crippen LogP contribution in [0, 0.1) is 5.82 Å². The molecule has 2 rings (SSSR count). The highest BCUT2D eigenvalue weighted by Crippen LogP contribution is 2.31. The zero-order valence-electron chi connectivity index (χ0n) is 12.1. The van der Waals surface area contributed by atoms with E-state index in [2.05, 4.69) is 22.9 Å². The van der Waals surface area contributed by atoms with E-state index in [-0.39, 0.29) is 16.9 Å². The van der Waals surface area contributed by atoms with Gasteiger partial charge in [-0.3, -0.25) is 0 Å². The number of benzene rings is 1. The van der Waals surface area contributed by atoms with E-state index in [9.17, 15) is 4.39 Å². The number of anilines is 1. The Labute approximate surface area is 138 Å². The summed E-state index contributed by atoms with van der Waals surface area (Å²) in [7, 11) is 0. The quantitative estimate of drug-likeness (QED) is 0.798. The van der Waals surface area contributed by atoms with Crippen molar-refractivity contribution < 1.29 is 9.13 Å². The van der Waals surface area contributed by atoms with Crippen molar-refractivity contribution in [2.45, 2.75) is 32.3 Å². The number of piperidine rings is 1. The van der Waals surface area contributed by atoms with Crippen molar-refractivity contribution in [3.05, 3.63) is 28.0 Å². The number of hydrogen-bond donors (Lipinski definition) is 1. The number of nitrogens with zero attached hydrogens (tertiary/aromatic N) is 1. The minimum absolute atomic E-state index is 0.173. The normalized spacial score (nSPS) is 18.8. The smallest absolute Gasteiger partial charge is 0.161 e. The Morgan fingerprint density at radius 1 is 1.57 bits per heavy atom. The van der Waals surface area contributed by atoms with Crippen LogP contribution in [0.2, 0.25) is 0 Å². The van der Waals surface area contributed by atoms with Crippen LogP contribution < -0.4 is 10.6 Å². The van der Waals surface area contributed by atoms with E-state index in [4.69, 9.17) is 22.7 Å². The highest BCUT2D eigenvalue weighted by molar-refractivity contribution is 9.10. The van der Waals surface area contributed by atoms with E-state index in [0.29, 0.717) is 15.7 Å². The van der Waals surface area contributed by atoms with Crippen molar-refractivity contribution in [3.63, 3.8) is 0 Å². The fourth-order valence-corrected chi connectivity index (χ4v) is 3.40. The number of thiocarbonyl (C=S) groups is 1. The molecular weight excluding hydrogens is 355 g/mol. The molecule has 1 aliphatic rings. The second-order valence-electron chi connectivity index (χ2n) is 5.21. The SMILES string of the molecule is CCCOC1CCCN(c2ccc(C(N)=S)c(Br)c2F)C1. The molecule has 1 aliphatic heterocycles. The topological polar surface area (TPSA) is 38.5 Å². The maximum absolute atomic E-state index is 14.5. The molecule has 6 heteroatoms. The molecule has 0 saturated carbocycles. The van der Waals surface area contributed by atoms with Gasteiger partial charge in [-0.25, -0.2) is 4.39 Å². The third kappa shape index (κ3) is 3.93. The van der Waals surface area contributed by atoms with Gasteiger partial charge in [0, 0.05) is 25.3 Å². The minimum atomic E-state index is -0.309. The molecule has 1 fully saturated rings. The Kier molecular flexibility index (Phi) is 5.96. The van der Waals surface area contributed by atoms with Gasteiger partial charge in [-0.15, -0.1) is 0 Å². The number of hydrogen-bond acceptors (Lipinski definition) is 3. The molecular formula is C15H20BrFN2OS. The summed E-state index contributed by atoms with van der Waals surface area (Å²) < 4.78 is 20.7. The second-order valence-corrected chi connectivity index (χ2v) is 6.44. The third-order valence-electron chi connectivity index (χ3n) is 3.60. The Morgan fingerprint density at radius 2 is 2.33 bits per heavy atom. The Morgan fingerprint density at radius 3 is 3.00 bits per heavy atom. The van der Waals surface area contributed by atoms with Gasteiger partial charge in [-0.2, -0.15) is 0 Å². The van der Waals surface area contributed by atoms with Gasteiger partial charge in [0.15, 0.2) is 5.82 Å². The van der Waals surface area contributed by atoms with Crippen LogP contribution in [0.1, 0.15) is 31.7 Å². The lowest BCUT2D eigenvalue weighted by atomic mass is 10.1. The molecule has 1 atom stereocenters. The summed E-state index contributed by atoms with van der Waals surface area (Å²) in [4.78, 5) is 2.22. The summed E-state index contributed by atoms with van der Waals surface area (Å²) in [5, 5.41) is 0. The van der Waals surface area contributed by atoms with Crippen LogP contribution in [0.3, 0.4) is 0 Å². The first kappa shape index (κ1) is 16.6. The molecule has 21 heavy (non-hydrogen) atoms. The largest absolute Gasteiger partial charge is 0.389 e. The van der Waals surface area contributed by atoms with Gasteiger partial charge in [0.1, 0.15) is 4.99 Å². The molecule has 0 aliphatic carbocycles. The number of halogens is 2. The van der Waals surface area contributed by atoms with Gasteiger partial charge in [0.2, 0.25) is 0 Å². The minimum Gasteiger partial charge on any atom is -0.389 e. The van der Waals surface area contributed by atoms with Crippen molar-refractivity contribution in [1.29, 1.82) is 0 Å². The first-order valence-electron chi connectivity index (χ1n) is 7.19. The molecule has 0 bridgehead atoms. The lowest BCUT2D eigenvalue weighted by molar-refractivity contribution is 0.0439. The van der Waals surface area contributed by atoms with Gasteiger partial charge in [-0.05, 0) is 47.3 Å². The molecule has 0 spiro atoms. The second kappa shape index (κ2) is 7.51. The predicted octanol–water partition coefficient (Wildman–Crippen LogP) is 3.62. The molecule has 0 aromatic heterocycles. The molecule has 0 radical (unpaired) electrons. The molecule has 116 valence electrons. The van der Waals surface area contributed by atoms with Crippen molar-refractivity contribution >= 4 is 38.8 Å². The molecule has 3 nitrogen and oxygen atoms in total. The molecule has 1 heterocycles. The summed E-state index contributed by atoms with van der Waals surface area (Å²) in [6.45, 7) is 4.40. The van der Waals surface area contributed by atoms with Gasteiger partial charge < -0.3 is 15.4 Å². The Balaban J connectivity index is 2.18. The highest BCUT2D eigenvalue weighted by Gasteiger charge is 2.24. The van der Waals surface area contributed by atoms with Crippen molar-refractivity contribution in [2.24, 2.45) is 5.73 Å². The summed E-state index contributed by atoms with van der Waals surface area (Å²) in [5.74, 6) is -0.309. The highest BCUT2D eigenvalue weighted by atomic mass is 79.9. The molecule has 1 aromatic carbocycles. The van der Waals surface area contributed by atoms with Crippen LogP contribution in [0.25, 0.3) is 0 Å². The maximum atomic E-state index is 14.5. The van der Waals surface area contributed by atoms with E-state index in [1.165, 1.54) is 0 Å². The first-order valence-corrected chi connectivity index (χ1v) is 8.39. The van der Waals surface area contributed by atoms with Gasteiger partial charge in [0.05, 0.1) is 16.3 Å². The molecule has 0 amide bonds. The summed E-state index contributed by atoms with van der Waals surface area (Å²) in [6, 6.07) is 3.51. The maximum Gasteiger partial charge on any atom is 0.161 e. The molecule has 1 aromatic rings. The number of ether oxygens (including phenoxy) is 1. The fraction of sp³-hybridized carbons (Fsp3) is 0.533. The number of nitrogens with two attached hydrogens (primary N) is 1. The lowest BCUT2D eigenvalue weighted by Crippen LogP contribution is -2.40. The van der Waals surface area contributed by atoms with Crippen molar-refractivity contribution in [2.75, 3.05) is 24.6 Å². The molecule has 1 unspecified atom stereocenters. The van der Waals surface area contributed by atoms with Gasteiger partial charge >= 0.3 is 0 Å². The predicted molar refractivity (Wildman–Crippen MR) is 91.5 cm³/mol. The van der Waals surface area contributed by atoms with Crippen molar-refractivity contribution in [3.8, 4) is 0 Å². The van der Waals surface area contributed by atoms with Crippen LogP contribution in [0.4, 0.5) is 10.1 Å². The van der Waals surface area contributed by atoms with Crippen LogP contribution in [-0.4, -0.2) is 30.8 Å². The van der Waals surface area contributed by atoms with E-state index in [0.717, 1.165) is 39.0 Å². The standard InChI is InChI=1S/C15H20BrFN2OS/c1-2-8-20-10-4-3-7-19(9-10)12-6-5-11(15(18)21)13(16)14(12)17/h5-6,10H,2-4,7-9H2,1H3,(H2,18,21). The van der Waals surface area contributed by atoms with Gasteiger partial charge in [0.25, 0.3) is 0 Å². The lowest BCUT2D eigenvalue weighted by Gasteiger charge is -2.34. The van der Waals surface area contributed by atoms with Gasteiger partial charge in [-0.1, -0.05) is 19.1 Å². The zero-order chi connectivity index (χ0) is 15.4. The van der Waals surface area contributed by atoms with E-state index in [1.54, 1.807) is 12.1 Å². The first-order chi connectivity index (χ1) is 10.0. The summed E-state index contributed by atoms with van der Waals surface area (Å²) >= 11 is 8.18. The van der Waals surface area contributed by atoms with Crippen molar-refractivity contribution in [1.82, 2.24) is 0 Å². The Bertz CT molecular complexity index is 527. The van der Waals surface area contributed by atoms with Crippen LogP contribution in [0.15, 0.2) is 16.6 Å². The average Bonchev–Trinajstić information content (AvgIpc) is 2.47. The average molecular weight is 375 g/mol. The van der Waals surface area contributed by atoms with Crippen LogP contribution in [-0.2, 0) is 4.74 Å². The van der Waals surface area contributed by atoms with Crippen LogP contribution >= 0.6 is 28.1 Å². The molecule has 1 saturated heterocycles. The van der Waals surface area contributed by atoms with E-state index >= 15 is 0 Å². The number of rotatable bonds is 5. The zero-order valence-corrected chi connectivity index (χ0v) is 14.5. The van der Waals surface area contributed by atoms with E-state index in [1.807, 2.05) is 4.90 Å². The third-order valence-corrected chi connectivity index (χ3v) is 4.60. The summed E-state index contributed by atoms with van der Waals surface area (Å²) in [5.41, 5.74) is 6.70. The Hall–Kier alpha value is -0.720. The van der Waals surface area contributed by atoms with E-state index < -0.39 is 0 Å². The molecule has 2 N–H and O–H groups in total. The summed E-state index contributed by atoms with van der Waals surface area (Å²) in [6.07, 6.45) is 3.21. The monoisotopic (exact) mass is 374 g/mol. The fourth-order valence-electron chi connectivity index (χ4n) is 2.55. The van der Waals surface area contributed by atoms with Crippen LogP contribution in [0.5, 0.6) is 0 Å².